The summed E-state index contributed by atoms with van der Waals surface area (Å²) < 4.78 is 5.25. The van der Waals surface area contributed by atoms with Crippen molar-refractivity contribution in [3.05, 3.63) is 106 Å². The molecule has 0 unspecified atom stereocenters. The van der Waals surface area contributed by atoms with Crippen molar-refractivity contribution in [1.82, 2.24) is 10.2 Å². The van der Waals surface area contributed by atoms with Crippen LogP contribution >= 0.6 is 11.6 Å². The van der Waals surface area contributed by atoms with Crippen LogP contribution < -0.4 is 21.5 Å². The molecule has 0 saturated carbocycles. The van der Waals surface area contributed by atoms with Gasteiger partial charge in [0.05, 0.1) is 6.42 Å². The summed E-state index contributed by atoms with van der Waals surface area (Å²) in [6.45, 7) is 0.550. The lowest BCUT2D eigenvalue weighted by molar-refractivity contribution is -0.125. The summed E-state index contributed by atoms with van der Waals surface area (Å²) in [5.74, 6) is -0.469. The molecule has 0 saturated heterocycles. The third kappa shape index (κ3) is 8.93. The monoisotopic (exact) mass is 521 g/mol. The van der Waals surface area contributed by atoms with Crippen LogP contribution in [0.2, 0.25) is 5.02 Å². The Balaban J connectivity index is 1.62. The second-order valence-electron chi connectivity index (χ2n) is 8.32. The minimum atomic E-state index is -0.562. The summed E-state index contributed by atoms with van der Waals surface area (Å²) in [6.07, 6.45) is 2.31. The molecule has 0 atom stereocenters. The van der Waals surface area contributed by atoms with E-state index in [1.165, 1.54) is 11.3 Å². The second-order valence-corrected chi connectivity index (χ2v) is 8.73. The van der Waals surface area contributed by atoms with Crippen LogP contribution in [0.4, 0.5) is 4.79 Å². The number of imide groups is 1. The molecule has 0 bridgehead atoms. The number of carbonyl (C=O) groups is 3. The average molecular weight is 522 g/mol. The molecule has 3 aromatic carbocycles. The first-order valence-electron chi connectivity index (χ1n) is 11.8. The van der Waals surface area contributed by atoms with Crippen molar-refractivity contribution in [2.45, 2.75) is 25.9 Å². The fourth-order valence-electron chi connectivity index (χ4n) is 3.53. The Kier molecular flexibility index (Phi) is 10.5. The molecule has 0 aliphatic rings. The summed E-state index contributed by atoms with van der Waals surface area (Å²) >= 11 is 6.23. The zero-order valence-electron chi connectivity index (χ0n) is 20.4. The van der Waals surface area contributed by atoms with Gasteiger partial charge in [0.1, 0.15) is 5.75 Å². The van der Waals surface area contributed by atoms with Gasteiger partial charge in [-0.3, -0.25) is 14.5 Å². The number of rotatable bonds is 12. The Morgan fingerprint density at radius 2 is 1.65 bits per heavy atom. The van der Waals surface area contributed by atoms with E-state index >= 15 is 0 Å². The Hall–Kier alpha value is -3.88. The lowest BCUT2D eigenvalue weighted by Gasteiger charge is -2.22. The molecule has 0 heterocycles. The molecule has 1 radical (unpaired) electrons. The highest BCUT2D eigenvalue weighted by atomic mass is 35.5. The highest BCUT2D eigenvalue weighted by molar-refractivity contribution is 6.31. The molecule has 37 heavy (non-hydrogen) atoms. The summed E-state index contributed by atoms with van der Waals surface area (Å²) in [5.41, 5.74) is 14.2. The quantitative estimate of drug-likeness (QED) is 0.336. The molecule has 0 aromatic heterocycles. The van der Waals surface area contributed by atoms with Crippen LogP contribution in [-0.4, -0.2) is 35.9 Å². The maximum absolute atomic E-state index is 13.1. The van der Waals surface area contributed by atoms with Gasteiger partial charge in [0.2, 0.25) is 5.91 Å². The van der Waals surface area contributed by atoms with Gasteiger partial charge in [-0.25, -0.2) is 4.79 Å². The topological polar surface area (TPSA) is 128 Å². The van der Waals surface area contributed by atoms with Crippen LogP contribution in [0.3, 0.4) is 0 Å². The third-order valence-corrected chi connectivity index (χ3v) is 5.93. The van der Waals surface area contributed by atoms with Crippen LogP contribution in [0.1, 0.15) is 22.3 Å². The number of hydrogen-bond donors (Lipinski definition) is 3. The van der Waals surface area contributed by atoms with Gasteiger partial charge in [-0.2, -0.15) is 0 Å². The van der Waals surface area contributed by atoms with E-state index in [2.05, 4.69) is 5.32 Å². The van der Waals surface area contributed by atoms with E-state index < -0.39 is 17.8 Å². The van der Waals surface area contributed by atoms with Crippen LogP contribution in [0.15, 0.2) is 72.8 Å². The van der Waals surface area contributed by atoms with E-state index in [1.54, 1.807) is 30.3 Å². The predicted octanol–water partition coefficient (Wildman–Crippen LogP) is 3.39. The van der Waals surface area contributed by atoms with Crippen LogP contribution in [0.5, 0.6) is 5.75 Å². The molecule has 3 aromatic rings. The van der Waals surface area contributed by atoms with E-state index in [4.69, 9.17) is 27.8 Å². The normalized spacial score (nSPS) is 10.5. The third-order valence-electron chi connectivity index (χ3n) is 5.58. The highest BCUT2D eigenvalue weighted by Crippen LogP contribution is 2.18. The van der Waals surface area contributed by atoms with Crippen LogP contribution in [0, 0.1) is 6.42 Å². The summed E-state index contributed by atoms with van der Waals surface area (Å²) in [5, 5.41) is 3.34. The molecule has 8 nitrogen and oxygen atoms in total. The molecule has 0 aliphatic carbocycles. The van der Waals surface area contributed by atoms with Crippen LogP contribution in [0.25, 0.3) is 0 Å². The van der Waals surface area contributed by atoms with Gasteiger partial charge < -0.3 is 21.5 Å². The molecule has 4 amide bonds. The van der Waals surface area contributed by atoms with E-state index in [0.29, 0.717) is 30.2 Å². The van der Waals surface area contributed by atoms with E-state index in [-0.39, 0.29) is 19.7 Å². The SMILES string of the molecule is NCc1ccc(CNC(=O)N(CCc2ccccc2)C(=O)[CH]Cc2ccc(OCC(N)=O)cc2)cc1Cl. The Labute approximate surface area is 221 Å². The molecule has 0 aliphatic heterocycles. The van der Waals surface area contributed by atoms with Crippen molar-refractivity contribution in [3.63, 3.8) is 0 Å². The fraction of sp³-hybridized carbons (Fsp3) is 0.214. The maximum atomic E-state index is 13.1. The first-order chi connectivity index (χ1) is 17.9. The zero-order valence-corrected chi connectivity index (χ0v) is 21.1. The van der Waals surface area contributed by atoms with Gasteiger partial charge in [0, 0.05) is 24.7 Å². The first kappa shape index (κ1) is 27.7. The fourth-order valence-corrected chi connectivity index (χ4v) is 3.81. The molecular weight excluding hydrogens is 492 g/mol. The summed E-state index contributed by atoms with van der Waals surface area (Å²) in [6, 6.07) is 21.5. The Bertz CT molecular complexity index is 1200. The molecule has 9 heteroatoms. The lowest BCUT2D eigenvalue weighted by atomic mass is 10.1. The van der Waals surface area contributed by atoms with Gasteiger partial charge in [0.25, 0.3) is 5.91 Å². The van der Waals surface area contributed by atoms with Gasteiger partial charge in [-0.05, 0) is 53.3 Å². The largest absolute Gasteiger partial charge is 0.484 e. The molecular formula is C28H30ClN4O4. The van der Waals surface area contributed by atoms with Crippen molar-refractivity contribution in [3.8, 4) is 5.75 Å². The van der Waals surface area contributed by atoms with E-state index in [9.17, 15) is 14.4 Å². The number of urea groups is 1. The van der Waals surface area contributed by atoms with E-state index in [0.717, 1.165) is 22.3 Å². The summed E-state index contributed by atoms with van der Waals surface area (Å²) in [7, 11) is 0. The minimum absolute atomic E-state index is 0.210. The molecule has 0 spiro atoms. The number of ether oxygens (including phenoxy) is 1. The smallest absolute Gasteiger partial charge is 0.324 e. The van der Waals surface area contributed by atoms with Crippen molar-refractivity contribution in [1.29, 1.82) is 0 Å². The Morgan fingerprint density at radius 3 is 2.30 bits per heavy atom. The lowest BCUT2D eigenvalue weighted by Crippen LogP contribution is -2.45. The van der Waals surface area contributed by atoms with Crippen molar-refractivity contribution in [2.24, 2.45) is 11.5 Å². The number of primary amides is 1. The number of nitrogens with one attached hydrogen (secondary N) is 1. The number of halogens is 1. The molecule has 0 fully saturated rings. The van der Waals surface area contributed by atoms with Crippen molar-refractivity contribution < 1.29 is 19.1 Å². The maximum Gasteiger partial charge on any atom is 0.324 e. The number of carbonyl (C=O) groups excluding carboxylic acids is 3. The number of amides is 4. The molecule has 5 N–H and O–H groups in total. The number of hydrogen-bond acceptors (Lipinski definition) is 5. The average Bonchev–Trinajstić information content (AvgIpc) is 2.91. The molecule has 193 valence electrons. The van der Waals surface area contributed by atoms with Gasteiger partial charge >= 0.3 is 6.03 Å². The van der Waals surface area contributed by atoms with Crippen LogP contribution in [-0.2, 0) is 35.5 Å². The van der Waals surface area contributed by atoms with Gasteiger partial charge in [-0.15, -0.1) is 0 Å². The molecule has 3 rings (SSSR count). The predicted molar refractivity (Wildman–Crippen MR) is 143 cm³/mol. The van der Waals surface area contributed by atoms with Crippen molar-refractivity contribution >= 4 is 29.4 Å². The first-order valence-corrected chi connectivity index (χ1v) is 12.2. The number of nitrogens with two attached hydrogens (primary N) is 2. The minimum Gasteiger partial charge on any atom is -0.484 e. The zero-order chi connectivity index (χ0) is 26.6. The van der Waals surface area contributed by atoms with Gasteiger partial charge in [0.15, 0.2) is 6.61 Å². The summed E-state index contributed by atoms with van der Waals surface area (Å²) in [4.78, 5) is 38.2. The number of nitrogens with zero attached hydrogens (tertiary/aromatic N) is 1. The second kappa shape index (κ2) is 14.0. The standard InChI is InChI=1S/C28H30ClN4O4/c29-25-16-22(6-10-23(25)17-30)18-32-28(36)33(15-14-20-4-2-1-3-5-20)27(35)13-9-21-7-11-24(12-8-21)37-19-26(31)34/h1-8,10-13,16H,9,14-15,17-19,30H2,(H2,31,34)(H,32,36). The van der Waals surface area contributed by atoms with Gasteiger partial charge in [-0.1, -0.05) is 66.2 Å². The number of benzene rings is 3. The highest BCUT2D eigenvalue weighted by Gasteiger charge is 2.21. The Morgan fingerprint density at radius 1 is 0.946 bits per heavy atom. The van der Waals surface area contributed by atoms with E-state index in [1.807, 2.05) is 42.5 Å². The van der Waals surface area contributed by atoms with Crippen molar-refractivity contribution in [2.75, 3.05) is 13.2 Å².